The van der Waals surface area contributed by atoms with Crippen molar-refractivity contribution in [3.05, 3.63) is 65.1 Å². The average molecular weight is 469 g/mol. The maximum Gasteiger partial charge on any atom is 0.295 e. The van der Waals surface area contributed by atoms with E-state index in [-0.39, 0.29) is 30.0 Å². The van der Waals surface area contributed by atoms with E-state index < -0.39 is 17.5 Å². The molecule has 0 aliphatic carbocycles. The molecule has 4 heterocycles. The molecule has 2 saturated heterocycles. The van der Waals surface area contributed by atoms with Crippen LogP contribution in [0.25, 0.3) is 10.9 Å². The van der Waals surface area contributed by atoms with Gasteiger partial charge < -0.3 is 9.88 Å². The Morgan fingerprint density at radius 1 is 1.26 bits per heavy atom. The highest BCUT2D eigenvalue weighted by molar-refractivity contribution is 5.96. The van der Waals surface area contributed by atoms with Crippen molar-refractivity contribution in [1.29, 1.82) is 0 Å². The third-order valence-corrected chi connectivity index (χ3v) is 6.81. The van der Waals surface area contributed by atoms with Crippen LogP contribution in [0, 0.1) is 23.5 Å². The molecule has 2 aliphatic rings. The van der Waals surface area contributed by atoms with E-state index in [0.717, 1.165) is 36.5 Å². The van der Waals surface area contributed by atoms with E-state index in [1.165, 1.54) is 25.4 Å². The summed E-state index contributed by atoms with van der Waals surface area (Å²) in [7, 11) is 1.23. The molecule has 8 nitrogen and oxygen atoms in total. The maximum absolute atomic E-state index is 14.3. The van der Waals surface area contributed by atoms with Crippen LogP contribution in [0.1, 0.15) is 28.0 Å². The number of hydrogen-bond acceptors (Lipinski definition) is 5. The summed E-state index contributed by atoms with van der Waals surface area (Å²) in [6, 6.07) is 5.12. The Hall–Kier alpha value is -3.37. The number of amides is 2. The predicted octanol–water partition coefficient (Wildman–Crippen LogP) is 2.39. The number of nitrogens with zero attached hydrogens (tertiary/aromatic N) is 4. The number of halogens is 2. The highest BCUT2D eigenvalue weighted by Gasteiger charge is 2.38. The summed E-state index contributed by atoms with van der Waals surface area (Å²) in [6.07, 6.45) is 4.22. The van der Waals surface area contributed by atoms with Gasteiger partial charge in [-0.15, -0.1) is 0 Å². The van der Waals surface area contributed by atoms with Crippen LogP contribution in [0.5, 0.6) is 0 Å². The molecule has 5 rings (SSSR count). The normalized spacial score (nSPS) is 20.4. The molecule has 2 N–H and O–H groups in total. The molecule has 2 amide bonds. The second kappa shape index (κ2) is 8.77. The van der Waals surface area contributed by atoms with E-state index in [4.69, 9.17) is 0 Å². The first-order chi connectivity index (χ1) is 16.3. The average Bonchev–Trinajstić information content (AvgIpc) is 3.34. The Balaban J connectivity index is 1.49. The number of pyridine rings is 1. The van der Waals surface area contributed by atoms with Gasteiger partial charge >= 0.3 is 0 Å². The van der Waals surface area contributed by atoms with Gasteiger partial charge in [-0.05, 0) is 30.7 Å². The maximum atomic E-state index is 14.3. The monoisotopic (exact) mass is 469 g/mol. The summed E-state index contributed by atoms with van der Waals surface area (Å²) in [6.45, 7) is 2.97. The second-order valence-electron chi connectivity index (χ2n) is 9.07. The molecular weight excluding hydrogens is 444 g/mol. The smallest absolute Gasteiger partial charge is 0.295 e. The zero-order valence-corrected chi connectivity index (χ0v) is 18.7. The minimum atomic E-state index is -0.638. The SMILES string of the molecule is CN(O)C(=O)c1cc2c(CN3CC[C@H]4C(=O)NC[C@@H]4C3)cn(Cc3ccc(F)cc3F)c2cn1. The fraction of sp³-hybridized carbons (Fsp3) is 0.375. The molecule has 0 radical (unpaired) electrons. The van der Waals surface area contributed by atoms with Gasteiger partial charge in [0.2, 0.25) is 5.91 Å². The van der Waals surface area contributed by atoms with E-state index in [1.807, 2.05) is 10.8 Å². The largest absolute Gasteiger partial charge is 0.355 e. The lowest BCUT2D eigenvalue weighted by atomic mass is 9.88. The minimum Gasteiger partial charge on any atom is -0.355 e. The Bertz CT molecular complexity index is 1270. The highest BCUT2D eigenvalue weighted by atomic mass is 19.1. The predicted molar refractivity (Wildman–Crippen MR) is 119 cm³/mol. The summed E-state index contributed by atoms with van der Waals surface area (Å²) in [4.78, 5) is 30.7. The zero-order chi connectivity index (χ0) is 24.0. The molecular formula is C24H25F2N5O3. The molecule has 178 valence electrons. The van der Waals surface area contributed by atoms with Crippen LogP contribution in [0.15, 0.2) is 36.7 Å². The molecule has 3 aromatic rings. The van der Waals surface area contributed by atoms with Crippen LogP contribution in [0.3, 0.4) is 0 Å². The lowest BCUT2D eigenvalue weighted by Crippen LogP contribution is -2.40. The van der Waals surface area contributed by atoms with Gasteiger partial charge in [0.15, 0.2) is 0 Å². The van der Waals surface area contributed by atoms with Gasteiger partial charge in [0.1, 0.15) is 17.3 Å². The number of rotatable bonds is 5. The number of nitrogens with one attached hydrogen (secondary N) is 1. The number of benzene rings is 1. The second-order valence-corrected chi connectivity index (χ2v) is 9.07. The fourth-order valence-electron chi connectivity index (χ4n) is 5.04. The van der Waals surface area contributed by atoms with Crippen LogP contribution >= 0.6 is 0 Å². The van der Waals surface area contributed by atoms with E-state index in [0.29, 0.717) is 29.2 Å². The third kappa shape index (κ3) is 4.14. The van der Waals surface area contributed by atoms with Crippen LogP contribution in [-0.2, 0) is 17.9 Å². The third-order valence-electron chi connectivity index (χ3n) is 6.81. The van der Waals surface area contributed by atoms with Gasteiger partial charge in [-0.3, -0.25) is 19.7 Å². The van der Waals surface area contributed by atoms with Gasteiger partial charge in [-0.25, -0.2) is 18.8 Å². The van der Waals surface area contributed by atoms with Gasteiger partial charge in [0.25, 0.3) is 5.91 Å². The molecule has 2 aliphatic heterocycles. The summed E-state index contributed by atoms with van der Waals surface area (Å²) >= 11 is 0. The number of hydroxylamine groups is 2. The number of hydrogen-bond donors (Lipinski definition) is 2. The van der Waals surface area contributed by atoms with E-state index in [9.17, 15) is 23.6 Å². The van der Waals surface area contributed by atoms with Crippen LogP contribution in [-0.4, -0.2) is 63.2 Å². The first-order valence-corrected chi connectivity index (χ1v) is 11.2. The fourth-order valence-corrected chi connectivity index (χ4v) is 5.04. The van der Waals surface area contributed by atoms with Gasteiger partial charge in [0.05, 0.1) is 18.3 Å². The molecule has 0 saturated carbocycles. The first-order valence-electron chi connectivity index (χ1n) is 11.2. The number of carbonyl (C=O) groups is 2. The van der Waals surface area contributed by atoms with Crippen molar-refractivity contribution < 1.29 is 23.6 Å². The Morgan fingerprint density at radius 2 is 2.09 bits per heavy atom. The minimum absolute atomic E-state index is 0.0626. The van der Waals surface area contributed by atoms with Crippen LogP contribution in [0.2, 0.25) is 0 Å². The molecule has 34 heavy (non-hydrogen) atoms. The van der Waals surface area contributed by atoms with Crippen LogP contribution in [0.4, 0.5) is 8.78 Å². The molecule has 10 heteroatoms. The van der Waals surface area contributed by atoms with Crippen molar-refractivity contribution >= 4 is 22.7 Å². The van der Waals surface area contributed by atoms with Crippen molar-refractivity contribution in [2.45, 2.75) is 19.5 Å². The van der Waals surface area contributed by atoms with Crippen molar-refractivity contribution in [3.63, 3.8) is 0 Å². The van der Waals surface area contributed by atoms with Crippen molar-refractivity contribution in [2.24, 2.45) is 11.8 Å². The molecule has 1 aromatic carbocycles. The van der Waals surface area contributed by atoms with Crippen molar-refractivity contribution in [1.82, 2.24) is 24.8 Å². The van der Waals surface area contributed by atoms with Crippen LogP contribution < -0.4 is 5.32 Å². The standard InChI is InChI=1S/C24H25F2N5O3/c1-29(34)24(33)21-7-19-16(11-30-5-4-18-15(10-30)8-28-23(18)32)13-31(22(19)9-27-21)12-14-2-3-17(25)6-20(14)26/h2-3,6-7,9,13,15,18,34H,4-5,8,10-12H2,1H3,(H,28,32)/t15-,18-/m1/s1. The molecule has 2 atom stereocenters. The summed E-state index contributed by atoms with van der Waals surface area (Å²) in [5, 5.41) is 13.8. The molecule has 2 fully saturated rings. The highest BCUT2D eigenvalue weighted by Crippen LogP contribution is 2.30. The zero-order valence-electron chi connectivity index (χ0n) is 18.7. The van der Waals surface area contributed by atoms with Crippen molar-refractivity contribution in [2.75, 3.05) is 26.7 Å². The number of likely N-dealkylation sites (tertiary alicyclic amines) is 1. The van der Waals surface area contributed by atoms with E-state index in [2.05, 4.69) is 15.2 Å². The summed E-state index contributed by atoms with van der Waals surface area (Å²) in [5.74, 6) is -1.45. The quantitative estimate of drug-likeness (QED) is 0.442. The summed E-state index contributed by atoms with van der Waals surface area (Å²) < 4.78 is 29.5. The lowest BCUT2D eigenvalue weighted by Gasteiger charge is -2.33. The number of piperidine rings is 1. The van der Waals surface area contributed by atoms with E-state index in [1.54, 1.807) is 6.07 Å². The molecule has 0 unspecified atom stereocenters. The topological polar surface area (TPSA) is 90.7 Å². The Labute approximate surface area is 194 Å². The Morgan fingerprint density at radius 3 is 2.85 bits per heavy atom. The number of aromatic nitrogens is 2. The molecule has 0 spiro atoms. The Kier molecular flexibility index (Phi) is 5.78. The first kappa shape index (κ1) is 22.4. The van der Waals surface area contributed by atoms with Crippen molar-refractivity contribution in [3.8, 4) is 0 Å². The number of fused-ring (bicyclic) bond motifs is 2. The number of carbonyl (C=O) groups excluding carboxylic acids is 2. The molecule has 2 aromatic heterocycles. The molecule has 0 bridgehead atoms. The van der Waals surface area contributed by atoms with Gasteiger partial charge in [-0.1, -0.05) is 6.07 Å². The van der Waals surface area contributed by atoms with E-state index >= 15 is 0 Å². The van der Waals surface area contributed by atoms with Gasteiger partial charge in [0, 0.05) is 61.7 Å². The van der Waals surface area contributed by atoms with Gasteiger partial charge in [-0.2, -0.15) is 0 Å². The summed E-state index contributed by atoms with van der Waals surface area (Å²) in [5.41, 5.74) is 2.04. The lowest BCUT2D eigenvalue weighted by molar-refractivity contribution is -0.124.